The summed E-state index contributed by atoms with van der Waals surface area (Å²) in [5.41, 5.74) is 0.654. The topological polar surface area (TPSA) is 30.2 Å². The lowest BCUT2D eigenvalue weighted by Gasteiger charge is -2.01. The van der Waals surface area contributed by atoms with E-state index in [2.05, 4.69) is 15.9 Å². The van der Waals surface area contributed by atoms with Crippen molar-refractivity contribution in [2.45, 2.75) is 13.3 Å². The Kier molecular flexibility index (Phi) is 2.42. The van der Waals surface area contributed by atoms with Gasteiger partial charge in [0.1, 0.15) is 5.76 Å². The van der Waals surface area contributed by atoms with Crippen LogP contribution in [-0.2, 0) is 6.42 Å². The van der Waals surface area contributed by atoms with Gasteiger partial charge in [0, 0.05) is 12.5 Å². The number of fused-ring (bicyclic) bond motifs is 1. The van der Waals surface area contributed by atoms with Gasteiger partial charge in [0.15, 0.2) is 11.0 Å². The second kappa shape index (κ2) is 3.58. The highest BCUT2D eigenvalue weighted by Crippen LogP contribution is 2.22. The number of hydrogen-bond donors (Lipinski definition) is 0. The molecule has 0 saturated heterocycles. The van der Waals surface area contributed by atoms with Gasteiger partial charge in [-0.2, -0.15) is 0 Å². The van der Waals surface area contributed by atoms with E-state index in [0.29, 0.717) is 11.0 Å². The van der Waals surface area contributed by atoms with E-state index < -0.39 is 0 Å². The Morgan fingerprint density at radius 2 is 2.21 bits per heavy atom. The van der Waals surface area contributed by atoms with Crippen LogP contribution in [0.5, 0.6) is 0 Å². The number of para-hydroxylation sites is 1. The fourth-order valence-corrected chi connectivity index (χ4v) is 1.81. The Labute approximate surface area is 89.7 Å². The van der Waals surface area contributed by atoms with Crippen LogP contribution in [0.25, 0.3) is 11.0 Å². The van der Waals surface area contributed by atoms with Crippen molar-refractivity contribution in [3.05, 3.63) is 44.7 Å². The molecule has 0 aliphatic rings. The zero-order valence-corrected chi connectivity index (χ0v) is 9.30. The fraction of sp³-hybridized carbons (Fsp3) is 0.182. The van der Waals surface area contributed by atoms with E-state index in [-0.39, 0.29) is 5.43 Å². The number of rotatable bonds is 1. The molecular formula is C11H9BrO2. The first kappa shape index (κ1) is 9.46. The third-order valence-electron chi connectivity index (χ3n) is 2.11. The molecule has 1 aromatic heterocycles. The second-order valence-electron chi connectivity index (χ2n) is 3.05. The van der Waals surface area contributed by atoms with Gasteiger partial charge >= 0.3 is 0 Å². The maximum Gasteiger partial charge on any atom is 0.192 e. The molecule has 0 N–H and O–H groups in total. The van der Waals surface area contributed by atoms with Gasteiger partial charge < -0.3 is 4.42 Å². The maximum atomic E-state index is 11.6. The summed E-state index contributed by atoms with van der Waals surface area (Å²) in [5.74, 6) is 0.717. The van der Waals surface area contributed by atoms with Gasteiger partial charge in [-0.15, -0.1) is 0 Å². The molecule has 2 rings (SSSR count). The third-order valence-corrected chi connectivity index (χ3v) is 2.73. The number of aryl methyl sites for hydroxylation is 1. The van der Waals surface area contributed by atoms with E-state index in [0.717, 1.165) is 16.7 Å². The highest BCUT2D eigenvalue weighted by Gasteiger charge is 2.05. The molecule has 1 heterocycles. The molecule has 72 valence electrons. The smallest absolute Gasteiger partial charge is 0.192 e. The van der Waals surface area contributed by atoms with Crippen molar-refractivity contribution in [1.29, 1.82) is 0 Å². The average Bonchev–Trinajstić information content (AvgIpc) is 2.19. The van der Waals surface area contributed by atoms with E-state index in [1.807, 2.05) is 19.1 Å². The molecule has 2 aromatic rings. The highest BCUT2D eigenvalue weighted by molar-refractivity contribution is 9.10. The van der Waals surface area contributed by atoms with Crippen molar-refractivity contribution in [3.8, 4) is 0 Å². The van der Waals surface area contributed by atoms with Crippen LogP contribution >= 0.6 is 15.9 Å². The minimum absolute atomic E-state index is 0.0180. The lowest BCUT2D eigenvalue weighted by atomic mass is 10.2. The molecule has 0 amide bonds. The number of benzene rings is 1. The first-order valence-electron chi connectivity index (χ1n) is 4.43. The summed E-state index contributed by atoms with van der Waals surface area (Å²) in [4.78, 5) is 11.6. The summed E-state index contributed by atoms with van der Waals surface area (Å²) in [6.45, 7) is 1.96. The van der Waals surface area contributed by atoms with Crippen LogP contribution < -0.4 is 5.43 Å². The van der Waals surface area contributed by atoms with Crippen LogP contribution in [0.1, 0.15) is 12.7 Å². The van der Waals surface area contributed by atoms with Gasteiger partial charge in [-0.05, 0) is 28.1 Å². The van der Waals surface area contributed by atoms with E-state index in [1.54, 1.807) is 12.1 Å². The zero-order valence-electron chi connectivity index (χ0n) is 7.71. The maximum absolute atomic E-state index is 11.6. The molecule has 0 unspecified atom stereocenters. The molecule has 0 atom stereocenters. The van der Waals surface area contributed by atoms with Crippen LogP contribution in [0.3, 0.4) is 0 Å². The van der Waals surface area contributed by atoms with E-state index in [9.17, 15) is 4.79 Å². The summed E-state index contributed by atoms with van der Waals surface area (Å²) in [6.07, 6.45) is 0.729. The summed E-state index contributed by atoms with van der Waals surface area (Å²) in [6, 6.07) is 7.01. The van der Waals surface area contributed by atoms with Gasteiger partial charge in [0.05, 0.1) is 9.86 Å². The Morgan fingerprint density at radius 3 is 2.93 bits per heavy atom. The Hall–Kier alpha value is -1.09. The quantitative estimate of drug-likeness (QED) is 0.781. The summed E-state index contributed by atoms with van der Waals surface area (Å²) < 4.78 is 6.40. The van der Waals surface area contributed by atoms with Crippen LogP contribution in [0.15, 0.2) is 37.9 Å². The summed E-state index contributed by atoms with van der Waals surface area (Å²) >= 11 is 3.36. The Morgan fingerprint density at radius 1 is 1.43 bits per heavy atom. The molecule has 0 spiro atoms. The van der Waals surface area contributed by atoms with Gasteiger partial charge in [-0.1, -0.05) is 13.0 Å². The fourth-order valence-electron chi connectivity index (χ4n) is 1.37. The largest absolute Gasteiger partial charge is 0.460 e. The minimum atomic E-state index is 0.0180. The van der Waals surface area contributed by atoms with E-state index in [1.165, 1.54) is 0 Å². The molecular weight excluding hydrogens is 244 g/mol. The molecule has 0 fully saturated rings. The molecule has 0 radical (unpaired) electrons. The molecule has 0 bridgehead atoms. The first-order valence-corrected chi connectivity index (χ1v) is 5.23. The normalized spacial score (nSPS) is 10.7. The first-order chi connectivity index (χ1) is 6.72. The third kappa shape index (κ3) is 1.48. The van der Waals surface area contributed by atoms with Crippen LogP contribution in [0.4, 0.5) is 0 Å². The predicted octanol–water partition coefficient (Wildman–Crippen LogP) is 3.12. The van der Waals surface area contributed by atoms with Crippen molar-refractivity contribution in [2.24, 2.45) is 0 Å². The van der Waals surface area contributed by atoms with Gasteiger partial charge in [-0.25, -0.2) is 0 Å². The molecule has 2 nitrogen and oxygen atoms in total. The minimum Gasteiger partial charge on any atom is -0.460 e. The predicted molar refractivity (Wildman–Crippen MR) is 59.6 cm³/mol. The van der Waals surface area contributed by atoms with Crippen LogP contribution in [0.2, 0.25) is 0 Å². The van der Waals surface area contributed by atoms with Crippen molar-refractivity contribution < 1.29 is 4.42 Å². The molecule has 3 heteroatoms. The zero-order chi connectivity index (χ0) is 10.1. The van der Waals surface area contributed by atoms with E-state index >= 15 is 0 Å². The number of hydrogen-bond acceptors (Lipinski definition) is 2. The standard InChI is InChI=1S/C11H9BrO2/c1-2-7-6-10(13)8-4-3-5-9(12)11(8)14-7/h3-6H,2H2,1H3. The van der Waals surface area contributed by atoms with Crippen LogP contribution in [0, 0.1) is 0 Å². The lowest BCUT2D eigenvalue weighted by Crippen LogP contribution is -2.01. The van der Waals surface area contributed by atoms with Crippen LogP contribution in [-0.4, -0.2) is 0 Å². The Balaban J connectivity index is 2.91. The van der Waals surface area contributed by atoms with Crippen molar-refractivity contribution >= 4 is 26.9 Å². The van der Waals surface area contributed by atoms with Gasteiger partial charge in [-0.3, -0.25) is 4.79 Å². The molecule has 14 heavy (non-hydrogen) atoms. The number of halogens is 1. The Bertz CT molecular complexity index is 528. The average molecular weight is 253 g/mol. The second-order valence-corrected chi connectivity index (χ2v) is 3.90. The monoisotopic (exact) mass is 252 g/mol. The van der Waals surface area contributed by atoms with Gasteiger partial charge in [0.25, 0.3) is 0 Å². The highest BCUT2D eigenvalue weighted by atomic mass is 79.9. The molecule has 0 aliphatic carbocycles. The van der Waals surface area contributed by atoms with Crippen molar-refractivity contribution in [1.82, 2.24) is 0 Å². The van der Waals surface area contributed by atoms with Crippen molar-refractivity contribution in [3.63, 3.8) is 0 Å². The lowest BCUT2D eigenvalue weighted by molar-refractivity contribution is 0.542. The van der Waals surface area contributed by atoms with Crippen molar-refractivity contribution in [2.75, 3.05) is 0 Å². The van der Waals surface area contributed by atoms with Gasteiger partial charge in [0.2, 0.25) is 0 Å². The molecule has 0 aliphatic heterocycles. The molecule has 1 aromatic carbocycles. The molecule has 0 saturated carbocycles. The SMILES string of the molecule is CCc1cc(=O)c2cccc(Br)c2o1. The van der Waals surface area contributed by atoms with E-state index in [4.69, 9.17) is 4.42 Å². The summed E-state index contributed by atoms with van der Waals surface area (Å²) in [7, 11) is 0. The summed E-state index contributed by atoms with van der Waals surface area (Å²) in [5, 5.41) is 0.622.